The van der Waals surface area contributed by atoms with Gasteiger partial charge in [0.1, 0.15) is 11.0 Å². The van der Waals surface area contributed by atoms with Crippen LogP contribution in [0.3, 0.4) is 0 Å². The first-order valence-corrected chi connectivity index (χ1v) is 15.3. The number of likely N-dealkylation sites (tertiary alicyclic amines) is 1. The molecule has 7 rings (SSSR count). The second-order valence-electron chi connectivity index (χ2n) is 11.4. The molecule has 0 saturated carbocycles. The maximum absolute atomic E-state index is 9.88. The zero-order chi connectivity index (χ0) is 30.9. The van der Waals surface area contributed by atoms with E-state index < -0.39 is 0 Å². The van der Waals surface area contributed by atoms with Crippen LogP contribution >= 0.6 is 11.6 Å². The highest BCUT2D eigenvalue weighted by atomic mass is 35.5. The van der Waals surface area contributed by atoms with Crippen molar-refractivity contribution < 1.29 is 10.2 Å². The predicted molar refractivity (Wildman–Crippen MR) is 179 cm³/mol. The summed E-state index contributed by atoms with van der Waals surface area (Å²) in [6.07, 6.45) is 7.61. The fraction of sp³-hybridized carbons (Fsp3) is 0.200. The summed E-state index contributed by atoms with van der Waals surface area (Å²) in [7, 11) is 0. The average Bonchev–Trinajstić information content (AvgIpc) is 3.47. The Labute approximate surface area is 265 Å². The van der Waals surface area contributed by atoms with Crippen molar-refractivity contribution in [1.29, 1.82) is 0 Å². The van der Waals surface area contributed by atoms with Gasteiger partial charge in [0.25, 0.3) is 0 Å². The van der Waals surface area contributed by atoms with E-state index in [9.17, 15) is 10.2 Å². The lowest BCUT2D eigenvalue weighted by Crippen LogP contribution is -2.21. The SMILES string of the molecule is Cc1c(Nc2nccc3cc(CO)cnc23)cccc1-c1cccc(Nc2nccc3cc(CN4CCC(O)C4)cnc23)c1Cl. The number of rotatable bonds is 8. The number of fused-ring (bicyclic) bond motifs is 2. The highest BCUT2D eigenvalue weighted by molar-refractivity contribution is 6.36. The van der Waals surface area contributed by atoms with Crippen molar-refractivity contribution in [1.82, 2.24) is 24.8 Å². The minimum absolute atomic E-state index is 0.0663. The van der Waals surface area contributed by atoms with Crippen LogP contribution in [-0.4, -0.2) is 54.2 Å². The van der Waals surface area contributed by atoms with E-state index in [2.05, 4.69) is 36.6 Å². The van der Waals surface area contributed by atoms with E-state index in [1.165, 1.54) is 0 Å². The van der Waals surface area contributed by atoms with Crippen LogP contribution in [0.25, 0.3) is 32.9 Å². The summed E-state index contributed by atoms with van der Waals surface area (Å²) in [5.74, 6) is 1.26. The number of aromatic nitrogens is 4. The molecule has 1 atom stereocenters. The first-order valence-electron chi connectivity index (χ1n) is 14.9. The number of aliphatic hydroxyl groups is 2. The third-order valence-electron chi connectivity index (χ3n) is 8.28. The van der Waals surface area contributed by atoms with Gasteiger partial charge in [-0.05, 0) is 72.0 Å². The number of nitrogens with zero attached hydrogens (tertiary/aromatic N) is 5. The van der Waals surface area contributed by atoms with Crippen LogP contribution in [-0.2, 0) is 13.2 Å². The van der Waals surface area contributed by atoms with Crippen molar-refractivity contribution in [2.75, 3.05) is 23.7 Å². The van der Waals surface area contributed by atoms with Gasteiger partial charge in [-0.1, -0.05) is 35.9 Å². The van der Waals surface area contributed by atoms with E-state index >= 15 is 0 Å². The molecule has 4 aromatic heterocycles. The third kappa shape index (κ3) is 5.91. The maximum atomic E-state index is 9.88. The molecule has 0 amide bonds. The number of halogens is 1. The number of hydrogen-bond donors (Lipinski definition) is 4. The molecule has 1 aliphatic rings. The topological polar surface area (TPSA) is 119 Å². The lowest BCUT2D eigenvalue weighted by Gasteiger charge is -2.17. The van der Waals surface area contributed by atoms with E-state index in [4.69, 9.17) is 16.6 Å². The van der Waals surface area contributed by atoms with Crippen LogP contribution in [0.2, 0.25) is 5.02 Å². The fourth-order valence-electron chi connectivity index (χ4n) is 5.94. The Balaban J connectivity index is 1.17. The Morgan fingerprint density at radius 3 is 2.11 bits per heavy atom. The standard InChI is InChI=1S/C35H32ClN7O2/c1-21-27(4-2-6-29(21)41-34-33-25(9-12-37-34)15-23(20-44)17-40-33)28-5-3-7-30(31(28)36)42-35-32-24(8-11-38-35)14-22(16-39-32)18-43-13-10-26(45)19-43/h2-9,11-12,14-17,26,44-45H,10,13,18-20H2,1H3,(H,37,41)(H,38,42). The Morgan fingerprint density at radius 2 is 1.44 bits per heavy atom. The van der Waals surface area contributed by atoms with Crippen molar-refractivity contribution in [2.45, 2.75) is 32.6 Å². The fourth-order valence-corrected chi connectivity index (χ4v) is 6.21. The number of hydrogen-bond acceptors (Lipinski definition) is 9. The van der Waals surface area contributed by atoms with E-state index in [1.807, 2.05) is 67.7 Å². The van der Waals surface area contributed by atoms with Crippen LogP contribution in [0.1, 0.15) is 23.1 Å². The minimum atomic E-state index is -0.248. The summed E-state index contributed by atoms with van der Waals surface area (Å²) in [6, 6.07) is 19.8. The Kier molecular flexibility index (Phi) is 7.99. The molecule has 9 nitrogen and oxygen atoms in total. The number of pyridine rings is 4. The van der Waals surface area contributed by atoms with Crippen LogP contribution in [0.4, 0.5) is 23.0 Å². The zero-order valence-electron chi connectivity index (χ0n) is 24.7. The van der Waals surface area contributed by atoms with Crippen LogP contribution < -0.4 is 10.6 Å². The monoisotopic (exact) mass is 617 g/mol. The summed E-state index contributed by atoms with van der Waals surface area (Å²) in [5.41, 5.74) is 7.80. The molecule has 5 heterocycles. The lowest BCUT2D eigenvalue weighted by molar-refractivity contribution is 0.175. The smallest absolute Gasteiger partial charge is 0.156 e. The van der Waals surface area contributed by atoms with Crippen molar-refractivity contribution in [2.24, 2.45) is 0 Å². The Hall–Kier alpha value is -4.67. The number of aliphatic hydroxyl groups excluding tert-OH is 2. The van der Waals surface area contributed by atoms with E-state index in [-0.39, 0.29) is 12.7 Å². The van der Waals surface area contributed by atoms with Crippen LogP contribution in [0.5, 0.6) is 0 Å². The Bertz CT molecular complexity index is 2040. The molecule has 45 heavy (non-hydrogen) atoms. The van der Waals surface area contributed by atoms with Gasteiger partial charge in [0, 0.05) is 66.4 Å². The number of nitrogens with one attached hydrogen (secondary N) is 2. The van der Waals surface area contributed by atoms with Crippen LogP contribution in [0, 0.1) is 6.92 Å². The number of anilines is 4. The highest BCUT2D eigenvalue weighted by Crippen LogP contribution is 2.39. The van der Waals surface area contributed by atoms with Gasteiger partial charge in [-0.2, -0.15) is 0 Å². The first kappa shape index (κ1) is 29.1. The summed E-state index contributed by atoms with van der Waals surface area (Å²) < 4.78 is 0. The van der Waals surface area contributed by atoms with Gasteiger partial charge in [-0.25, -0.2) is 9.97 Å². The molecule has 0 spiro atoms. The summed E-state index contributed by atoms with van der Waals surface area (Å²) in [5, 5.41) is 28.7. The molecule has 1 aliphatic heterocycles. The summed E-state index contributed by atoms with van der Waals surface area (Å²) in [4.78, 5) is 20.7. The molecule has 10 heteroatoms. The predicted octanol–water partition coefficient (Wildman–Crippen LogP) is 6.75. The number of β-amino-alcohol motifs (C(OH)–C–C–N with tert-alkyl or cyclic N) is 1. The van der Waals surface area contributed by atoms with Crippen molar-refractivity contribution in [3.05, 3.63) is 107 Å². The van der Waals surface area contributed by atoms with Gasteiger partial charge in [0.05, 0.1) is 23.4 Å². The molecule has 1 unspecified atom stereocenters. The second-order valence-corrected chi connectivity index (χ2v) is 11.8. The molecule has 0 radical (unpaired) electrons. The number of benzene rings is 2. The molecule has 2 aromatic carbocycles. The molecular formula is C35H32ClN7O2. The van der Waals surface area contributed by atoms with Gasteiger partial charge < -0.3 is 20.8 Å². The molecule has 0 bridgehead atoms. The molecule has 1 saturated heterocycles. The van der Waals surface area contributed by atoms with Crippen LogP contribution in [0.15, 0.2) is 85.5 Å². The van der Waals surface area contributed by atoms with Gasteiger partial charge in [0.15, 0.2) is 11.6 Å². The van der Waals surface area contributed by atoms with E-state index in [0.717, 1.165) is 80.5 Å². The van der Waals surface area contributed by atoms with Crippen molar-refractivity contribution >= 4 is 56.4 Å². The minimum Gasteiger partial charge on any atom is -0.392 e. The summed E-state index contributed by atoms with van der Waals surface area (Å²) >= 11 is 7.07. The second kappa shape index (κ2) is 12.4. The first-order chi connectivity index (χ1) is 22.0. The largest absolute Gasteiger partial charge is 0.392 e. The molecule has 226 valence electrons. The zero-order valence-corrected chi connectivity index (χ0v) is 25.5. The third-order valence-corrected chi connectivity index (χ3v) is 8.68. The molecule has 4 N–H and O–H groups in total. The van der Waals surface area contributed by atoms with Gasteiger partial charge in [-0.15, -0.1) is 0 Å². The lowest BCUT2D eigenvalue weighted by atomic mass is 9.98. The quantitative estimate of drug-likeness (QED) is 0.147. The van der Waals surface area contributed by atoms with Crippen molar-refractivity contribution in [3.63, 3.8) is 0 Å². The summed E-state index contributed by atoms with van der Waals surface area (Å²) in [6.45, 7) is 4.32. The van der Waals surface area contributed by atoms with Crippen molar-refractivity contribution in [3.8, 4) is 11.1 Å². The van der Waals surface area contributed by atoms with Gasteiger partial charge in [0.2, 0.25) is 0 Å². The Morgan fingerprint density at radius 1 is 0.822 bits per heavy atom. The van der Waals surface area contributed by atoms with Gasteiger partial charge in [-0.3, -0.25) is 14.9 Å². The van der Waals surface area contributed by atoms with E-state index in [1.54, 1.807) is 18.6 Å². The molecule has 0 aliphatic carbocycles. The van der Waals surface area contributed by atoms with Gasteiger partial charge >= 0.3 is 0 Å². The normalized spacial score (nSPS) is 15.2. The van der Waals surface area contributed by atoms with E-state index in [0.29, 0.717) is 23.2 Å². The molecular weight excluding hydrogens is 586 g/mol. The average molecular weight is 618 g/mol. The maximum Gasteiger partial charge on any atom is 0.156 e. The molecule has 6 aromatic rings. The molecule has 1 fully saturated rings. The highest BCUT2D eigenvalue weighted by Gasteiger charge is 2.20.